The molecule has 45 heavy (non-hydrogen) atoms. The number of hydrogen-bond donors (Lipinski definition) is 1. The van der Waals surface area contributed by atoms with Crippen molar-refractivity contribution >= 4 is 20.0 Å². The molecule has 2 aromatic carbocycles. The van der Waals surface area contributed by atoms with Crippen molar-refractivity contribution in [1.29, 1.82) is 0 Å². The van der Waals surface area contributed by atoms with Gasteiger partial charge in [0, 0.05) is 39.2 Å². The van der Waals surface area contributed by atoms with Crippen LogP contribution in [-0.2, 0) is 27.9 Å². The number of imide groups is 1. The maximum Gasteiger partial charge on any atom is 0.329 e. The molecule has 9 heteroatoms. The lowest BCUT2D eigenvalue weighted by molar-refractivity contribution is -0.189. The molecule has 2 heterocycles. The lowest BCUT2D eigenvalue weighted by Gasteiger charge is -2.66. The number of rotatable bonds is 10. The average Bonchev–Trinajstić information content (AvgIpc) is 3.82. The Hall–Kier alpha value is -2.72. The summed E-state index contributed by atoms with van der Waals surface area (Å²) in [5, 5.41) is 13.0. The molecule has 0 radical (unpaired) electrons. The number of carbonyl (C=O) groups excluding carboxylic acids is 2. The monoisotopic (exact) mass is 631 g/mol. The molecule has 2 saturated heterocycles. The highest BCUT2D eigenvalue weighted by Crippen LogP contribution is 2.62. The fourth-order valence-electron chi connectivity index (χ4n) is 8.91. The summed E-state index contributed by atoms with van der Waals surface area (Å²) in [6.45, 7) is 9.63. The van der Waals surface area contributed by atoms with Crippen molar-refractivity contribution in [3.05, 3.63) is 65.2 Å². The van der Waals surface area contributed by atoms with E-state index in [0.717, 1.165) is 54.8 Å². The first-order chi connectivity index (χ1) is 21.5. The maximum absolute atomic E-state index is 14.7. The molecule has 2 aliphatic heterocycles. The van der Waals surface area contributed by atoms with Crippen molar-refractivity contribution in [2.45, 2.75) is 99.8 Å². The minimum Gasteiger partial charge on any atom is -0.497 e. The number of methoxy groups -OCH3 is 1. The Kier molecular flexibility index (Phi) is 7.70. The predicted octanol–water partition coefficient (Wildman–Crippen LogP) is 5.40. The van der Waals surface area contributed by atoms with E-state index in [0.29, 0.717) is 32.4 Å². The van der Waals surface area contributed by atoms with E-state index in [1.54, 1.807) is 7.11 Å². The minimum absolute atomic E-state index is 0.0131. The highest BCUT2D eigenvalue weighted by atomic mass is 28.3. The standard InChI is InChI=1S/C36H49N3O5Si/c1-43-29-13-12-28-20-31-36(42)15-14-35(24-34(36,30(28)21-29)16-17-37(31)22-27-10-11-27)32(40)38(25-44-18-19-45(2,3)4)33(41)39(35)23-26-8-6-5-7-9-26/h5-9,12-13,21,27,31,42H,10-11,14-20,22-25H2,1-4H3/t31-,34-,35+,36-/m1/s1. The molecule has 8 nitrogen and oxygen atoms in total. The van der Waals surface area contributed by atoms with Gasteiger partial charge in [0.15, 0.2) is 0 Å². The molecule has 0 aromatic heterocycles. The van der Waals surface area contributed by atoms with Gasteiger partial charge >= 0.3 is 6.03 Å². The van der Waals surface area contributed by atoms with Gasteiger partial charge in [-0.15, -0.1) is 0 Å². The van der Waals surface area contributed by atoms with Gasteiger partial charge < -0.3 is 19.5 Å². The van der Waals surface area contributed by atoms with Gasteiger partial charge in [-0.3, -0.25) is 9.69 Å². The second-order valence-electron chi connectivity index (χ2n) is 15.6. The molecule has 2 aromatic rings. The summed E-state index contributed by atoms with van der Waals surface area (Å²) in [5.74, 6) is 1.30. The smallest absolute Gasteiger partial charge is 0.329 e. The lowest BCUT2D eigenvalue weighted by atomic mass is 9.46. The number of likely N-dealkylation sites (tertiary alicyclic amines) is 1. The van der Waals surface area contributed by atoms with Crippen LogP contribution in [0.2, 0.25) is 25.7 Å². The zero-order valence-corrected chi connectivity index (χ0v) is 28.4. The minimum atomic E-state index is -1.33. The van der Waals surface area contributed by atoms with Gasteiger partial charge in [-0.25, -0.2) is 9.69 Å². The van der Waals surface area contributed by atoms with Gasteiger partial charge in [0.2, 0.25) is 0 Å². The Bertz CT molecular complexity index is 1460. The summed E-state index contributed by atoms with van der Waals surface area (Å²) in [4.78, 5) is 34.8. The Balaban J connectivity index is 1.29. The SMILES string of the molecule is COc1ccc2c(c1)[C@]13CCN(CC4CC4)[C@H](C2)[C@]1(O)CC[C@]1(C3)C(=O)N(COCC[Si](C)(C)C)C(=O)N1Cc1ccccc1. The van der Waals surface area contributed by atoms with Crippen molar-refractivity contribution in [1.82, 2.24) is 14.7 Å². The first-order valence-corrected chi connectivity index (χ1v) is 20.6. The van der Waals surface area contributed by atoms with Gasteiger partial charge in [-0.1, -0.05) is 56.0 Å². The molecule has 242 valence electrons. The number of amides is 3. The highest BCUT2D eigenvalue weighted by Gasteiger charge is 2.72. The molecular formula is C36H49N3O5Si. The lowest BCUT2D eigenvalue weighted by Crippen LogP contribution is -2.76. The number of aliphatic hydroxyl groups is 1. The van der Waals surface area contributed by atoms with E-state index in [2.05, 4.69) is 36.7 Å². The second-order valence-corrected chi connectivity index (χ2v) is 21.2. The summed E-state index contributed by atoms with van der Waals surface area (Å²) in [6, 6.07) is 16.9. The van der Waals surface area contributed by atoms with E-state index in [1.807, 2.05) is 41.3 Å². The first-order valence-electron chi connectivity index (χ1n) is 16.9. The van der Waals surface area contributed by atoms with Crippen molar-refractivity contribution in [3.8, 4) is 5.75 Å². The van der Waals surface area contributed by atoms with E-state index >= 15 is 0 Å². The zero-order valence-electron chi connectivity index (χ0n) is 27.4. The van der Waals surface area contributed by atoms with Crippen LogP contribution in [0.4, 0.5) is 4.79 Å². The van der Waals surface area contributed by atoms with Crippen LogP contribution in [0.5, 0.6) is 5.75 Å². The van der Waals surface area contributed by atoms with E-state index in [4.69, 9.17) is 9.47 Å². The largest absolute Gasteiger partial charge is 0.497 e. The van der Waals surface area contributed by atoms with E-state index in [-0.39, 0.29) is 24.7 Å². The van der Waals surface area contributed by atoms with Crippen molar-refractivity contribution in [2.24, 2.45) is 5.92 Å². The van der Waals surface area contributed by atoms with Crippen molar-refractivity contribution in [2.75, 3.05) is 33.5 Å². The molecule has 4 atom stereocenters. The Morgan fingerprint density at radius 1 is 1.02 bits per heavy atom. The molecule has 3 amide bonds. The number of piperidine rings is 1. The molecule has 2 saturated carbocycles. The maximum atomic E-state index is 14.7. The molecule has 2 bridgehead atoms. The van der Waals surface area contributed by atoms with E-state index < -0.39 is 24.6 Å². The second kappa shape index (κ2) is 11.2. The fraction of sp³-hybridized carbons (Fsp3) is 0.611. The van der Waals surface area contributed by atoms with Crippen molar-refractivity contribution in [3.63, 3.8) is 0 Å². The number of hydrogen-bond acceptors (Lipinski definition) is 6. The van der Waals surface area contributed by atoms with Crippen LogP contribution in [0.3, 0.4) is 0 Å². The molecule has 1 spiro atoms. The number of fused-ring (bicyclic) bond motifs is 1. The number of ether oxygens (including phenoxy) is 2. The van der Waals surface area contributed by atoms with Crippen LogP contribution in [0.25, 0.3) is 0 Å². The van der Waals surface area contributed by atoms with E-state index in [9.17, 15) is 14.7 Å². The molecule has 7 rings (SSSR count). The van der Waals surface area contributed by atoms with Gasteiger partial charge in [0.25, 0.3) is 5.91 Å². The van der Waals surface area contributed by atoms with Gasteiger partial charge in [0.05, 0.1) is 12.7 Å². The third-order valence-corrected chi connectivity index (χ3v) is 13.3. The van der Waals surface area contributed by atoms with Crippen LogP contribution in [0.1, 0.15) is 55.2 Å². The number of carbonyl (C=O) groups is 2. The summed E-state index contributed by atoms with van der Waals surface area (Å²) < 4.78 is 11.8. The third kappa shape index (κ3) is 5.14. The topological polar surface area (TPSA) is 82.5 Å². The van der Waals surface area contributed by atoms with Gasteiger partial charge in [-0.05, 0) is 92.3 Å². The highest BCUT2D eigenvalue weighted by molar-refractivity contribution is 6.76. The van der Waals surface area contributed by atoms with Crippen molar-refractivity contribution < 1.29 is 24.2 Å². The number of benzene rings is 2. The zero-order chi connectivity index (χ0) is 31.6. The van der Waals surface area contributed by atoms with Crippen LogP contribution in [0, 0.1) is 5.92 Å². The number of nitrogens with zero attached hydrogens (tertiary/aromatic N) is 3. The molecule has 5 aliphatic rings. The van der Waals surface area contributed by atoms with E-state index in [1.165, 1.54) is 23.3 Å². The summed E-state index contributed by atoms with van der Waals surface area (Å²) in [6.07, 6.45) is 5.35. The summed E-state index contributed by atoms with van der Waals surface area (Å²) >= 11 is 0. The average molecular weight is 632 g/mol. The Morgan fingerprint density at radius 3 is 2.51 bits per heavy atom. The summed E-state index contributed by atoms with van der Waals surface area (Å²) in [7, 11) is 0.345. The number of urea groups is 1. The van der Waals surface area contributed by atoms with Crippen LogP contribution >= 0.6 is 0 Å². The molecule has 0 unspecified atom stereocenters. The quantitative estimate of drug-likeness (QED) is 0.215. The Morgan fingerprint density at radius 2 is 1.80 bits per heavy atom. The summed E-state index contributed by atoms with van der Waals surface area (Å²) in [5.41, 5.74) is 0.547. The molecule has 4 fully saturated rings. The van der Waals surface area contributed by atoms with Crippen LogP contribution in [-0.4, -0.2) is 90.5 Å². The molecule has 3 aliphatic carbocycles. The van der Waals surface area contributed by atoms with Gasteiger partial charge in [-0.2, -0.15) is 0 Å². The van der Waals surface area contributed by atoms with Crippen LogP contribution < -0.4 is 4.74 Å². The predicted molar refractivity (Wildman–Crippen MR) is 176 cm³/mol. The third-order valence-electron chi connectivity index (χ3n) is 11.6. The van der Waals surface area contributed by atoms with Gasteiger partial charge in [0.1, 0.15) is 18.0 Å². The fourth-order valence-corrected chi connectivity index (χ4v) is 9.67. The molecular weight excluding hydrogens is 582 g/mol. The normalized spacial score (nSPS) is 31.4. The van der Waals surface area contributed by atoms with Crippen LogP contribution in [0.15, 0.2) is 48.5 Å². The Labute approximate surface area is 268 Å². The first kappa shape index (κ1) is 30.9. The molecule has 1 N–H and O–H groups in total.